The highest BCUT2D eigenvalue weighted by atomic mass is 35.5. The Hall–Kier alpha value is -1.58. The Morgan fingerprint density at radius 2 is 1.89 bits per heavy atom. The van der Waals surface area contributed by atoms with Crippen molar-refractivity contribution in [2.45, 2.75) is 6.92 Å². The average Bonchev–Trinajstić information content (AvgIpc) is 2.37. The van der Waals surface area contributed by atoms with Crippen LogP contribution >= 0.6 is 23.2 Å². The molecule has 0 bridgehead atoms. The smallest absolute Gasteiger partial charge is 0.258 e. The SMILES string of the molecule is Cc1cccc(C(=O)Nc2ccc(Cl)c(Cl)c2)c1F. The summed E-state index contributed by atoms with van der Waals surface area (Å²) in [7, 11) is 0. The lowest BCUT2D eigenvalue weighted by atomic mass is 10.1. The average molecular weight is 298 g/mol. The fourth-order valence-electron chi connectivity index (χ4n) is 1.60. The summed E-state index contributed by atoms with van der Waals surface area (Å²) in [6.45, 7) is 1.60. The minimum atomic E-state index is -0.528. The van der Waals surface area contributed by atoms with Crippen LogP contribution < -0.4 is 5.32 Å². The van der Waals surface area contributed by atoms with Gasteiger partial charge in [-0.3, -0.25) is 4.79 Å². The van der Waals surface area contributed by atoms with Gasteiger partial charge in [0.05, 0.1) is 15.6 Å². The van der Waals surface area contributed by atoms with Gasteiger partial charge in [0.25, 0.3) is 5.91 Å². The molecule has 0 unspecified atom stereocenters. The third-order valence-electron chi connectivity index (χ3n) is 2.61. The molecule has 2 nitrogen and oxygen atoms in total. The third kappa shape index (κ3) is 3.06. The van der Waals surface area contributed by atoms with Gasteiger partial charge in [0.2, 0.25) is 0 Å². The van der Waals surface area contributed by atoms with Gasteiger partial charge in [0.15, 0.2) is 0 Å². The molecule has 0 aromatic heterocycles. The van der Waals surface area contributed by atoms with Crippen LogP contribution in [0.25, 0.3) is 0 Å². The monoisotopic (exact) mass is 297 g/mol. The highest BCUT2D eigenvalue weighted by molar-refractivity contribution is 6.42. The van der Waals surface area contributed by atoms with E-state index in [1.54, 1.807) is 31.2 Å². The molecular formula is C14H10Cl2FNO. The summed E-state index contributed by atoms with van der Waals surface area (Å²) in [5.74, 6) is -1.06. The fourth-order valence-corrected chi connectivity index (χ4v) is 1.89. The van der Waals surface area contributed by atoms with Gasteiger partial charge in [-0.25, -0.2) is 4.39 Å². The topological polar surface area (TPSA) is 29.1 Å². The molecule has 0 spiro atoms. The van der Waals surface area contributed by atoms with E-state index >= 15 is 0 Å². The summed E-state index contributed by atoms with van der Waals surface area (Å²) in [5.41, 5.74) is 0.869. The second-order valence-corrected chi connectivity index (χ2v) is 4.83. The Kier molecular flexibility index (Phi) is 4.08. The number of rotatable bonds is 2. The van der Waals surface area contributed by atoms with Gasteiger partial charge >= 0.3 is 0 Å². The van der Waals surface area contributed by atoms with E-state index in [9.17, 15) is 9.18 Å². The summed E-state index contributed by atoms with van der Waals surface area (Å²) in [4.78, 5) is 12.0. The maximum atomic E-state index is 13.8. The van der Waals surface area contributed by atoms with E-state index in [4.69, 9.17) is 23.2 Å². The molecule has 0 heterocycles. The third-order valence-corrected chi connectivity index (χ3v) is 3.35. The number of benzene rings is 2. The normalized spacial score (nSPS) is 10.3. The van der Waals surface area contributed by atoms with E-state index < -0.39 is 11.7 Å². The van der Waals surface area contributed by atoms with Crippen LogP contribution in [0.3, 0.4) is 0 Å². The number of aryl methyl sites for hydroxylation is 1. The van der Waals surface area contributed by atoms with Crippen molar-refractivity contribution in [3.05, 3.63) is 63.4 Å². The number of halogens is 3. The zero-order valence-corrected chi connectivity index (χ0v) is 11.5. The molecule has 98 valence electrons. The predicted molar refractivity (Wildman–Crippen MR) is 75.6 cm³/mol. The Bertz CT molecular complexity index is 643. The highest BCUT2D eigenvalue weighted by Gasteiger charge is 2.13. The molecule has 0 saturated carbocycles. The molecule has 0 saturated heterocycles. The Balaban J connectivity index is 2.26. The Morgan fingerprint density at radius 1 is 1.16 bits per heavy atom. The van der Waals surface area contributed by atoms with Crippen LogP contribution in [-0.4, -0.2) is 5.91 Å². The molecule has 19 heavy (non-hydrogen) atoms. The summed E-state index contributed by atoms with van der Waals surface area (Å²) in [6.07, 6.45) is 0. The zero-order chi connectivity index (χ0) is 14.0. The van der Waals surface area contributed by atoms with E-state index in [0.717, 1.165) is 0 Å². The van der Waals surface area contributed by atoms with Gasteiger partial charge in [0.1, 0.15) is 5.82 Å². The van der Waals surface area contributed by atoms with Gasteiger partial charge in [-0.05, 0) is 36.8 Å². The molecule has 1 N–H and O–H groups in total. The molecule has 0 aliphatic carbocycles. The van der Waals surface area contributed by atoms with E-state index in [1.807, 2.05) is 0 Å². The Morgan fingerprint density at radius 3 is 2.58 bits per heavy atom. The van der Waals surface area contributed by atoms with Crippen molar-refractivity contribution < 1.29 is 9.18 Å². The van der Waals surface area contributed by atoms with Gasteiger partial charge in [-0.15, -0.1) is 0 Å². The summed E-state index contributed by atoms with van der Waals surface area (Å²) < 4.78 is 13.8. The largest absolute Gasteiger partial charge is 0.322 e. The maximum absolute atomic E-state index is 13.8. The van der Waals surface area contributed by atoms with Crippen molar-refractivity contribution >= 4 is 34.8 Å². The summed E-state index contributed by atoms with van der Waals surface area (Å²) in [5, 5.41) is 3.29. The van der Waals surface area contributed by atoms with Crippen molar-refractivity contribution in [3.63, 3.8) is 0 Å². The van der Waals surface area contributed by atoms with Crippen LogP contribution in [0.4, 0.5) is 10.1 Å². The lowest BCUT2D eigenvalue weighted by Crippen LogP contribution is -2.14. The number of carbonyl (C=O) groups is 1. The predicted octanol–water partition coefficient (Wildman–Crippen LogP) is 4.69. The molecule has 5 heteroatoms. The number of anilines is 1. The van der Waals surface area contributed by atoms with Crippen molar-refractivity contribution in [3.8, 4) is 0 Å². The van der Waals surface area contributed by atoms with E-state index in [-0.39, 0.29) is 5.56 Å². The second kappa shape index (κ2) is 5.59. The van der Waals surface area contributed by atoms with Crippen molar-refractivity contribution in [1.82, 2.24) is 0 Å². The maximum Gasteiger partial charge on any atom is 0.258 e. The van der Waals surface area contributed by atoms with E-state index in [2.05, 4.69) is 5.32 Å². The Labute approximate surface area is 120 Å². The lowest BCUT2D eigenvalue weighted by molar-refractivity contribution is 0.102. The minimum Gasteiger partial charge on any atom is -0.322 e. The first-order chi connectivity index (χ1) is 8.99. The molecule has 1 amide bonds. The molecule has 0 atom stereocenters. The van der Waals surface area contributed by atoms with Crippen LogP contribution in [0.5, 0.6) is 0 Å². The highest BCUT2D eigenvalue weighted by Crippen LogP contribution is 2.25. The standard InChI is InChI=1S/C14H10Cl2FNO/c1-8-3-2-4-10(13(8)17)14(19)18-9-5-6-11(15)12(16)7-9/h2-7H,1H3,(H,18,19). The van der Waals surface area contributed by atoms with Gasteiger partial charge in [0, 0.05) is 5.69 Å². The van der Waals surface area contributed by atoms with Gasteiger partial charge < -0.3 is 5.32 Å². The van der Waals surface area contributed by atoms with Crippen LogP contribution in [0.1, 0.15) is 15.9 Å². The number of hydrogen-bond acceptors (Lipinski definition) is 1. The van der Waals surface area contributed by atoms with Gasteiger partial charge in [-0.1, -0.05) is 35.3 Å². The second-order valence-electron chi connectivity index (χ2n) is 4.02. The molecule has 0 aliphatic heterocycles. The zero-order valence-electron chi connectivity index (χ0n) is 10.0. The van der Waals surface area contributed by atoms with Crippen LogP contribution in [0.15, 0.2) is 36.4 Å². The summed E-state index contributed by atoms with van der Waals surface area (Å²) in [6, 6.07) is 9.32. The molecule has 2 rings (SSSR count). The van der Waals surface area contributed by atoms with Crippen molar-refractivity contribution in [1.29, 1.82) is 0 Å². The van der Waals surface area contributed by atoms with E-state index in [1.165, 1.54) is 12.1 Å². The first-order valence-corrected chi connectivity index (χ1v) is 6.26. The number of amides is 1. The van der Waals surface area contributed by atoms with Crippen LogP contribution in [-0.2, 0) is 0 Å². The lowest BCUT2D eigenvalue weighted by Gasteiger charge is -2.08. The molecule has 2 aromatic rings. The quantitative estimate of drug-likeness (QED) is 0.856. The van der Waals surface area contributed by atoms with Crippen molar-refractivity contribution in [2.75, 3.05) is 5.32 Å². The molecule has 0 radical (unpaired) electrons. The summed E-state index contributed by atoms with van der Waals surface area (Å²) >= 11 is 11.6. The van der Waals surface area contributed by atoms with Crippen LogP contribution in [0.2, 0.25) is 10.0 Å². The van der Waals surface area contributed by atoms with Crippen LogP contribution in [0, 0.1) is 12.7 Å². The first kappa shape index (κ1) is 13.8. The minimum absolute atomic E-state index is 0.00827. The number of hydrogen-bond donors (Lipinski definition) is 1. The number of carbonyl (C=O) groups excluding carboxylic acids is 1. The molecular weight excluding hydrogens is 288 g/mol. The molecule has 2 aromatic carbocycles. The fraction of sp³-hybridized carbons (Fsp3) is 0.0714. The number of nitrogens with one attached hydrogen (secondary N) is 1. The molecule has 0 aliphatic rings. The van der Waals surface area contributed by atoms with Gasteiger partial charge in [-0.2, -0.15) is 0 Å². The molecule has 0 fully saturated rings. The van der Waals surface area contributed by atoms with Crippen molar-refractivity contribution in [2.24, 2.45) is 0 Å². The van der Waals surface area contributed by atoms with E-state index in [0.29, 0.717) is 21.3 Å². The first-order valence-electron chi connectivity index (χ1n) is 5.50.